The van der Waals surface area contributed by atoms with Crippen LogP contribution in [0.1, 0.15) is 17.3 Å². The molecule has 1 aromatic carbocycles. The van der Waals surface area contributed by atoms with E-state index in [4.69, 9.17) is 4.74 Å². The van der Waals surface area contributed by atoms with Gasteiger partial charge in [-0.25, -0.2) is 4.39 Å². The molecule has 0 unspecified atom stereocenters. The Labute approximate surface area is 144 Å². The van der Waals surface area contributed by atoms with Crippen molar-refractivity contribution in [2.75, 3.05) is 19.0 Å². The van der Waals surface area contributed by atoms with Gasteiger partial charge in [0.2, 0.25) is 5.91 Å². The van der Waals surface area contributed by atoms with Crippen LogP contribution in [0.15, 0.2) is 30.3 Å². The predicted octanol–water partition coefficient (Wildman–Crippen LogP) is 1.40. The summed E-state index contributed by atoms with van der Waals surface area (Å²) in [6.07, 6.45) is -0.914. The molecule has 2 heterocycles. The van der Waals surface area contributed by atoms with Crippen LogP contribution in [0.5, 0.6) is 0 Å². The SMILES string of the molecule is Cc1cc(NC(=O)[C@@H]2OCC(=O)N(C)[C@@H]2c2ccc(F)cc2)n(C)n1. The number of hydrogen-bond acceptors (Lipinski definition) is 4. The van der Waals surface area contributed by atoms with Gasteiger partial charge in [-0.1, -0.05) is 12.1 Å². The summed E-state index contributed by atoms with van der Waals surface area (Å²) in [6, 6.07) is 6.78. The number of aromatic nitrogens is 2. The van der Waals surface area contributed by atoms with Gasteiger partial charge in [0.1, 0.15) is 18.2 Å². The molecule has 0 radical (unpaired) electrons. The molecule has 1 N–H and O–H groups in total. The maximum absolute atomic E-state index is 13.2. The lowest BCUT2D eigenvalue weighted by Gasteiger charge is -2.38. The number of nitrogens with one attached hydrogen (secondary N) is 1. The molecule has 1 aliphatic rings. The quantitative estimate of drug-likeness (QED) is 0.912. The smallest absolute Gasteiger partial charge is 0.257 e. The highest BCUT2D eigenvalue weighted by atomic mass is 19.1. The minimum Gasteiger partial charge on any atom is -0.356 e. The Morgan fingerprint density at radius 1 is 1.32 bits per heavy atom. The number of morpholine rings is 1. The van der Waals surface area contributed by atoms with E-state index in [0.29, 0.717) is 11.4 Å². The molecule has 0 bridgehead atoms. The molecule has 1 saturated heterocycles. The Morgan fingerprint density at radius 3 is 2.60 bits per heavy atom. The molecule has 0 saturated carbocycles. The van der Waals surface area contributed by atoms with Gasteiger partial charge in [0, 0.05) is 20.2 Å². The number of carbonyl (C=O) groups excluding carboxylic acids is 2. The lowest BCUT2D eigenvalue weighted by atomic mass is 9.97. The van der Waals surface area contributed by atoms with E-state index in [0.717, 1.165) is 5.69 Å². The number of benzene rings is 1. The van der Waals surface area contributed by atoms with E-state index < -0.39 is 18.1 Å². The van der Waals surface area contributed by atoms with Crippen molar-refractivity contribution in [3.63, 3.8) is 0 Å². The molecule has 8 heteroatoms. The van der Waals surface area contributed by atoms with Gasteiger partial charge in [0.25, 0.3) is 5.91 Å². The van der Waals surface area contributed by atoms with E-state index in [9.17, 15) is 14.0 Å². The molecule has 1 aliphatic heterocycles. The molecule has 0 spiro atoms. The van der Waals surface area contributed by atoms with Gasteiger partial charge in [0.15, 0.2) is 6.10 Å². The minimum atomic E-state index is -0.914. The number of aryl methyl sites for hydroxylation is 2. The highest BCUT2D eigenvalue weighted by molar-refractivity contribution is 5.95. The molecular weight excluding hydrogens is 327 g/mol. The van der Waals surface area contributed by atoms with Crippen molar-refractivity contribution in [2.45, 2.75) is 19.1 Å². The number of likely N-dealkylation sites (N-methyl/N-ethyl adjacent to an activating group) is 1. The molecule has 1 fully saturated rings. The number of halogens is 1. The summed E-state index contributed by atoms with van der Waals surface area (Å²) in [7, 11) is 3.32. The van der Waals surface area contributed by atoms with Crippen molar-refractivity contribution >= 4 is 17.6 Å². The normalized spacial score (nSPS) is 20.6. The van der Waals surface area contributed by atoms with E-state index in [-0.39, 0.29) is 18.3 Å². The Balaban J connectivity index is 1.88. The topological polar surface area (TPSA) is 76.5 Å². The van der Waals surface area contributed by atoms with Gasteiger partial charge in [-0.3, -0.25) is 14.3 Å². The maximum atomic E-state index is 13.2. The second kappa shape index (κ2) is 6.64. The maximum Gasteiger partial charge on any atom is 0.257 e. The standard InChI is InChI=1S/C17H19FN4O3/c1-10-8-13(22(3)20-10)19-17(24)16-15(21(2)14(23)9-25-16)11-4-6-12(18)7-5-11/h4-8,15-16H,9H2,1-3H3,(H,19,24)/t15-,16-/m1/s1. The summed E-state index contributed by atoms with van der Waals surface area (Å²) in [5.41, 5.74) is 1.39. The molecule has 2 atom stereocenters. The number of nitrogens with zero attached hydrogens (tertiary/aromatic N) is 3. The van der Waals surface area contributed by atoms with E-state index in [1.165, 1.54) is 17.0 Å². The lowest BCUT2D eigenvalue weighted by molar-refractivity contribution is -0.160. The fraction of sp³-hybridized carbons (Fsp3) is 0.353. The van der Waals surface area contributed by atoms with Gasteiger partial charge < -0.3 is 15.0 Å². The summed E-state index contributed by atoms with van der Waals surface area (Å²) in [5, 5.41) is 6.95. The molecule has 132 valence electrons. The van der Waals surface area contributed by atoms with Crippen LogP contribution in [0.4, 0.5) is 10.2 Å². The van der Waals surface area contributed by atoms with E-state index >= 15 is 0 Å². The number of hydrogen-bond donors (Lipinski definition) is 1. The van der Waals surface area contributed by atoms with Crippen molar-refractivity contribution < 1.29 is 18.7 Å². The number of amides is 2. The van der Waals surface area contributed by atoms with Gasteiger partial charge in [-0.2, -0.15) is 5.10 Å². The fourth-order valence-corrected chi connectivity index (χ4v) is 2.91. The van der Waals surface area contributed by atoms with Crippen LogP contribution < -0.4 is 5.32 Å². The van der Waals surface area contributed by atoms with E-state index in [2.05, 4.69) is 10.4 Å². The molecule has 0 aliphatic carbocycles. The van der Waals surface area contributed by atoms with Gasteiger partial charge >= 0.3 is 0 Å². The highest BCUT2D eigenvalue weighted by Crippen LogP contribution is 2.30. The molecule has 25 heavy (non-hydrogen) atoms. The minimum absolute atomic E-state index is 0.184. The van der Waals surface area contributed by atoms with Crippen LogP contribution >= 0.6 is 0 Å². The number of rotatable bonds is 3. The molecule has 2 aromatic rings. The summed E-state index contributed by atoms with van der Waals surface area (Å²) in [4.78, 5) is 26.2. The van der Waals surface area contributed by atoms with Gasteiger partial charge in [0.05, 0.1) is 11.7 Å². The lowest BCUT2D eigenvalue weighted by Crippen LogP contribution is -2.51. The first kappa shape index (κ1) is 17.1. The Morgan fingerprint density at radius 2 is 2.00 bits per heavy atom. The third kappa shape index (κ3) is 3.39. The van der Waals surface area contributed by atoms with Crippen LogP contribution in [-0.4, -0.2) is 46.3 Å². The zero-order valence-electron chi connectivity index (χ0n) is 14.2. The zero-order chi connectivity index (χ0) is 18.1. The molecule has 2 amide bonds. The second-order valence-electron chi connectivity index (χ2n) is 6.02. The van der Waals surface area contributed by atoms with Crippen molar-refractivity contribution in [1.29, 1.82) is 0 Å². The number of anilines is 1. The van der Waals surface area contributed by atoms with Gasteiger partial charge in [-0.05, 0) is 24.6 Å². The van der Waals surface area contributed by atoms with Crippen LogP contribution in [0.3, 0.4) is 0 Å². The van der Waals surface area contributed by atoms with Crippen molar-refractivity contribution in [3.05, 3.63) is 47.4 Å². The van der Waals surface area contributed by atoms with Crippen molar-refractivity contribution in [2.24, 2.45) is 7.05 Å². The molecule has 7 nitrogen and oxygen atoms in total. The summed E-state index contributed by atoms with van der Waals surface area (Å²) in [5.74, 6) is -0.490. The first-order valence-corrected chi connectivity index (χ1v) is 7.81. The van der Waals surface area contributed by atoms with Gasteiger partial charge in [-0.15, -0.1) is 0 Å². The summed E-state index contributed by atoms with van der Waals surface area (Å²) in [6.45, 7) is 1.64. The van der Waals surface area contributed by atoms with E-state index in [1.807, 2.05) is 6.92 Å². The first-order valence-electron chi connectivity index (χ1n) is 7.81. The number of carbonyl (C=O) groups is 2. The Bertz CT molecular complexity index is 803. The molecule has 1 aromatic heterocycles. The average Bonchev–Trinajstić information content (AvgIpc) is 2.88. The largest absolute Gasteiger partial charge is 0.356 e. The Hall–Kier alpha value is -2.74. The Kier molecular flexibility index (Phi) is 4.54. The third-order valence-electron chi connectivity index (χ3n) is 4.21. The van der Waals surface area contributed by atoms with E-state index in [1.54, 1.807) is 37.0 Å². The zero-order valence-corrected chi connectivity index (χ0v) is 14.2. The second-order valence-corrected chi connectivity index (χ2v) is 6.02. The predicted molar refractivity (Wildman–Crippen MR) is 88.2 cm³/mol. The molecule has 3 rings (SSSR count). The van der Waals surface area contributed by atoms with Crippen LogP contribution in [-0.2, 0) is 21.4 Å². The van der Waals surface area contributed by atoms with Crippen molar-refractivity contribution in [3.8, 4) is 0 Å². The third-order valence-corrected chi connectivity index (χ3v) is 4.21. The summed E-state index contributed by atoms with van der Waals surface area (Å²) < 4.78 is 20.3. The van der Waals surface area contributed by atoms with Crippen LogP contribution in [0.2, 0.25) is 0 Å². The monoisotopic (exact) mass is 346 g/mol. The van der Waals surface area contributed by atoms with Crippen LogP contribution in [0.25, 0.3) is 0 Å². The van der Waals surface area contributed by atoms with Crippen LogP contribution in [0, 0.1) is 12.7 Å². The van der Waals surface area contributed by atoms with Crippen molar-refractivity contribution in [1.82, 2.24) is 14.7 Å². The highest BCUT2D eigenvalue weighted by Gasteiger charge is 2.40. The fourth-order valence-electron chi connectivity index (χ4n) is 2.91. The molecular formula is C17H19FN4O3. The number of ether oxygens (including phenoxy) is 1. The first-order chi connectivity index (χ1) is 11.9. The average molecular weight is 346 g/mol. The summed E-state index contributed by atoms with van der Waals surface area (Å²) >= 11 is 0.